The van der Waals surface area contributed by atoms with Gasteiger partial charge >= 0.3 is 0 Å². The Kier molecular flexibility index (Phi) is 4.79. The fraction of sp³-hybridized carbons (Fsp3) is 0.188. The van der Waals surface area contributed by atoms with Crippen LogP contribution in [0.5, 0.6) is 0 Å². The van der Waals surface area contributed by atoms with Crippen molar-refractivity contribution in [1.29, 1.82) is 0 Å². The van der Waals surface area contributed by atoms with Gasteiger partial charge in [-0.2, -0.15) is 0 Å². The summed E-state index contributed by atoms with van der Waals surface area (Å²) >= 11 is 0. The summed E-state index contributed by atoms with van der Waals surface area (Å²) in [6.45, 7) is 1.96. The van der Waals surface area contributed by atoms with Crippen LogP contribution >= 0.6 is 0 Å². The average molecular weight is 290 g/mol. The van der Waals surface area contributed by atoms with Crippen LogP contribution in [-0.2, 0) is 16.6 Å². The number of carbonyl (C=O) groups is 1. The van der Waals surface area contributed by atoms with Gasteiger partial charge in [0.05, 0.1) is 5.75 Å². The van der Waals surface area contributed by atoms with Crippen LogP contribution in [0.25, 0.3) is 0 Å². The molecule has 0 N–H and O–H groups in total. The number of aryl methyl sites for hydroxylation is 1. The Morgan fingerprint density at radius 2 is 1.90 bits per heavy atom. The number of ketones is 1. The highest BCUT2D eigenvalue weighted by Crippen LogP contribution is 2.09. The zero-order valence-corrected chi connectivity index (χ0v) is 12.0. The summed E-state index contributed by atoms with van der Waals surface area (Å²) in [5.74, 6) is -0.504. The van der Waals surface area contributed by atoms with Gasteiger partial charge < -0.3 is 0 Å². The SMILES string of the molecule is Cc1cccc(CS(=O)CC(=O)c2cccc(F)c2)c1. The van der Waals surface area contributed by atoms with Gasteiger partial charge in [-0.25, -0.2) is 4.39 Å². The molecule has 104 valence electrons. The molecule has 2 aromatic carbocycles. The van der Waals surface area contributed by atoms with E-state index in [-0.39, 0.29) is 17.1 Å². The molecule has 0 saturated carbocycles. The van der Waals surface area contributed by atoms with Gasteiger partial charge in [-0.15, -0.1) is 0 Å². The van der Waals surface area contributed by atoms with Crippen molar-refractivity contribution in [2.45, 2.75) is 12.7 Å². The van der Waals surface area contributed by atoms with Crippen molar-refractivity contribution >= 4 is 16.6 Å². The van der Waals surface area contributed by atoms with E-state index >= 15 is 0 Å². The normalized spacial score (nSPS) is 12.1. The lowest BCUT2D eigenvalue weighted by Gasteiger charge is -2.04. The highest BCUT2D eigenvalue weighted by atomic mass is 32.2. The summed E-state index contributed by atoms with van der Waals surface area (Å²) in [5, 5.41) is 0. The molecule has 0 bridgehead atoms. The molecule has 2 nitrogen and oxygen atoms in total. The minimum atomic E-state index is -1.29. The van der Waals surface area contributed by atoms with Crippen molar-refractivity contribution in [2.24, 2.45) is 0 Å². The molecule has 20 heavy (non-hydrogen) atoms. The third-order valence-electron chi connectivity index (χ3n) is 2.85. The van der Waals surface area contributed by atoms with Gasteiger partial charge in [-0.05, 0) is 24.6 Å². The number of halogens is 1. The molecule has 0 fully saturated rings. The monoisotopic (exact) mass is 290 g/mol. The summed E-state index contributed by atoms with van der Waals surface area (Å²) < 4.78 is 25.0. The van der Waals surface area contributed by atoms with Crippen molar-refractivity contribution < 1.29 is 13.4 Å². The Morgan fingerprint density at radius 1 is 1.15 bits per heavy atom. The van der Waals surface area contributed by atoms with Crippen molar-refractivity contribution in [3.8, 4) is 0 Å². The van der Waals surface area contributed by atoms with Crippen molar-refractivity contribution in [3.63, 3.8) is 0 Å². The lowest BCUT2D eigenvalue weighted by atomic mass is 10.1. The van der Waals surface area contributed by atoms with Crippen LogP contribution in [0, 0.1) is 12.7 Å². The van der Waals surface area contributed by atoms with Gasteiger partial charge in [-0.1, -0.05) is 42.0 Å². The van der Waals surface area contributed by atoms with Crippen LogP contribution in [0.15, 0.2) is 48.5 Å². The summed E-state index contributed by atoms with van der Waals surface area (Å²) in [6.07, 6.45) is 0. The molecule has 0 radical (unpaired) electrons. The molecule has 0 aliphatic carbocycles. The number of hydrogen-bond donors (Lipinski definition) is 0. The molecule has 0 amide bonds. The van der Waals surface area contributed by atoms with E-state index in [1.807, 2.05) is 31.2 Å². The van der Waals surface area contributed by atoms with Crippen LogP contribution in [0.3, 0.4) is 0 Å². The van der Waals surface area contributed by atoms with Crippen molar-refractivity contribution in [3.05, 3.63) is 71.0 Å². The highest BCUT2D eigenvalue weighted by molar-refractivity contribution is 7.85. The zero-order chi connectivity index (χ0) is 14.5. The molecule has 4 heteroatoms. The molecule has 1 unspecified atom stereocenters. The molecule has 0 aliphatic rings. The second kappa shape index (κ2) is 6.57. The summed E-state index contributed by atoms with van der Waals surface area (Å²) in [5.41, 5.74) is 2.30. The summed E-state index contributed by atoms with van der Waals surface area (Å²) in [7, 11) is -1.29. The zero-order valence-electron chi connectivity index (χ0n) is 11.1. The number of carbonyl (C=O) groups excluding carboxylic acids is 1. The maximum atomic E-state index is 13.0. The van der Waals surface area contributed by atoms with Gasteiger partial charge in [0.1, 0.15) is 5.82 Å². The van der Waals surface area contributed by atoms with E-state index in [9.17, 15) is 13.4 Å². The molecular weight excluding hydrogens is 275 g/mol. The minimum absolute atomic E-state index is 0.0859. The van der Waals surface area contributed by atoms with E-state index in [4.69, 9.17) is 0 Å². The molecule has 2 aromatic rings. The number of Topliss-reactive ketones (excluding diaryl/α,β-unsaturated/α-hetero) is 1. The topological polar surface area (TPSA) is 34.1 Å². The Morgan fingerprint density at radius 3 is 2.60 bits per heavy atom. The minimum Gasteiger partial charge on any atom is -0.293 e. The van der Waals surface area contributed by atoms with Crippen LogP contribution in [0.1, 0.15) is 21.5 Å². The van der Waals surface area contributed by atoms with Gasteiger partial charge in [0.2, 0.25) is 0 Å². The van der Waals surface area contributed by atoms with Crippen LogP contribution < -0.4 is 0 Å². The first-order valence-corrected chi connectivity index (χ1v) is 7.72. The van der Waals surface area contributed by atoms with Gasteiger partial charge in [0.25, 0.3) is 0 Å². The molecular formula is C16H15FO2S. The van der Waals surface area contributed by atoms with Crippen LogP contribution in [0.2, 0.25) is 0 Å². The quantitative estimate of drug-likeness (QED) is 0.792. The van der Waals surface area contributed by atoms with Crippen LogP contribution in [0.4, 0.5) is 4.39 Å². The van der Waals surface area contributed by atoms with E-state index in [0.29, 0.717) is 5.75 Å². The predicted molar refractivity (Wildman–Crippen MR) is 78.6 cm³/mol. The Balaban J connectivity index is 1.99. The molecule has 0 saturated heterocycles. The number of benzene rings is 2. The molecule has 0 heterocycles. The first-order chi connectivity index (χ1) is 9.54. The molecule has 0 aliphatic heterocycles. The smallest absolute Gasteiger partial charge is 0.175 e. The Hall–Kier alpha value is -1.81. The molecule has 2 rings (SSSR count). The fourth-order valence-electron chi connectivity index (χ4n) is 1.93. The lowest BCUT2D eigenvalue weighted by Crippen LogP contribution is -2.12. The molecule has 0 spiro atoms. The fourth-order valence-corrected chi connectivity index (χ4v) is 3.04. The predicted octanol–water partition coefficient (Wildman–Crippen LogP) is 3.27. The maximum absolute atomic E-state index is 13.0. The average Bonchev–Trinajstić information content (AvgIpc) is 2.38. The van der Waals surface area contributed by atoms with Crippen LogP contribution in [-0.4, -0.2) is 15.7 Å². The van der Waals surface area contributed by atoms with Crippen molar-refractivity contribution in [2.75, 3.05) is 5.75 Å². The largest absolute Gasteiger partial charge is 0.293 e. The lowest BCUT2D eigenvalue weighted by molar-refractivity contribution is 0.102. The first-order valence-electron chi connectivity index (χ1n) is 6.24. The van der Waals surface area contributed by atoms with E-state index in [2.05, 4.69) is 0 Å². The van der Waals surface area contributed by atoms with E-state index in [1.54, 1.807) is 0 Å². The van der Waals surface area contributed by atoms with Gasteiger partial charge in [0.15, 0.2) is 5.78 Å². The second-order valence-electron chi connectivity index (χ2n) is 4.65. The number of hydrogen-bond acceptors (Lipinski definition) is 2. The Bertz CT molecular complexity index is 652. The molecule has 0 aromatic heterocycles. The molecule has 1 atom stereocenters. The Labute approximate surface area is 120 Å². The highest BCUT2D eigenvalue weighted by Gasteiger charge is 2.11. The maximum Gasteiger partial charge on any atom is 0.175 e. The van der Waals surface area contributed by atoms with E-state index < -0.39 is 16.6 Å². The van der Waals surface area contributed by atoms with E-state index in [1.165, 1.54) is 24.3 Å². The number of rotatable bonds is 5. The summed E-state index contributed by atoms with van der Waals surface area (Å²) in [4.78, 5) is 11.9. The first kappa shape index (κ1) is 14.6. The van der Waals surface area contributed by atoms with Gasteiger partial charge in [0, 0.05) is 22.1 Å². The standard InChI is InChI=1S/C16H15FO2S/c1-12-4-2-5-13(8-12)10-20(19)11-16(18)14-6-3-7-15(17)9-14/h2-9H,10-11H2,1H3. The second-order valence-corrected chi connectivity index (χ2v) is 6.11. The van der Waals surface area contributed by atoms with Crippen molar-refractivity contribution in [1.82, 2.24) is 0 Å². The third kappa shape index (κ3) is 4.10. The van der Waals surface area contributed by atoms with E-state index in [0.717, 1.165) is 11.1 Å². The van der Waals surface area contributed by atoms with Gasteiger partial charge in [-0.3, -0.25) is 9.00 Å². The third-order valence-corrected chi connectivity index (χ3v) is 4.09. The summed E-state index contributed by atoms with van der Waals surface area (Å²) in [6, 6.07) is 13.2.